The number of carbonyl (C=O) groups excluding carboxylic acids is 2. The quantitative estimate of drug-likeness (QED) is 0.763. The fourth-order valence-corrected chi connectivity index (χ4v) is 1.23. The zero-order valence-corrected chi connectivity index (χ0v) is 8.64. The van der Waals surface area contributed by atoms with Crippen molar-refractivity contribution in [2.75, 3.05) is 13.6 Å². The minimum absolute atomic E-state index is 0.0360. The van der Waals surface area contributed by atoms with E-state index in [0.29, 0.717) is 6.42 Å². The third kappa shape index (κ3) is 3.81. The standard InChI is InChI=1S/C11H14N2O2/c1-13(8-10(12)14)11(15)7-9-5-3-2-4-6-9/h2-6H,7-8H2,1H3,(H2,12,14). The average Bonchev–Trinajstić information content (AvgIpc) is 2.18. The zero-order valence-electron chi connectivity index (χ0n) is 8.64. The maximum atomic E-state index is 11.6. The number of likely N-dealkylation sites (N-methyl/N-ethyl adjacent to an activating group) is 1. The molecule has 0 spiro atoms. The fraction of sp³-hybridized carbons (Fsp3) is 0.273. The number of hydrogen-bond acceptors (Lipinski definition) is 2. The highest BCUT2D eigenvalue weighted by molar-refractivity contribution is 5.84. The van der Waals surface area contributed by atoms with Gasteiger partial charge in [0.05, 0.1) is 13.0 Å². The average molecular weight is 206 g/mol. The Bertz CT molecular complexity index is 349. The lowest BCUT2D eigenvalue weighted by Gasteiger charge is -2.14. The second-order valence-electron chi connectivity index (χ2n) is 3.38. The van der Waals surface area contributed by atoms with Gasteiger partial charge in [-0.2, -0.15) is 0 Å². The summed E-state index contributed by atoms with van der Waals surface area (Å²) in [7, 11) is 1.57. The molecule has 0 fully saturated rings. The molecule has 0 aliphatic heterocycles. The molecule has 2 amide bonds. The van der Waals surface area contributed by atoms with Gasteiger partial charge in [-0.05, 0) is 5.56 Å². The largest absolute Gasteiger partial charge is 0.368 e. The first-order valence-corrected chi connectivity index (χ1v) is 4.66. The second-order valence-corrected chi connectivity index (χ2v) is 3.38. The van der Waals surface area contributed by atoms with Gasteiger partial charge < -0.3 is 10.6 Å². The number of nitrogens with zero attached hydrogens (tertiary/aromatic N) is 1. The Labute approximate surface area is 88.7 Å². The van der Waals surface area contributed by atoms with Crippen molar-refractivity contribution in [3.63, 3.8) is 0 Å². The molecule has 1 aromatic rings. The van der Waals surface area contributed by atoms with E-state index < -0.39 is 5.91 Å². The lowest BCUT2D eigenvalue weighted by atomic mass is 10.1. The lowest BCUT2D eigenvalue weighted by molar-refractivity contribution is -0.133. The summed E-state index contributed by atoms with van der Waals surface area (Å²) in [5, 5.41) is 0. The molecule has 0 atom stereocenters. The maximum Gasteiger partial charge on any atom is 0.237 e. The smallest absolute Gasteiger partial charge is 0.237 e. The molecule has 0 unspecified atom stereocenters. The molecule has 4 heteroatoms. The third-order valence-electron chi connectivity index (χ3n) is 2.02. The Hall–Kier alpha value is -1.84. The monoisotopic (exact) mass is 206 g/mol. The summed E-state index contributed by atoms with van der Waals surface area (Å²) in [6.45, 7) is -0.0360. The normalized spacial score (nSPS) is 9.67. The van der Waals surface area contributed by atoms with Crippen LogP contribution in [0.15, 0.2) is 30.3 Å². The molecule has 0 aliphatic rings. The van der Waals surface area contributed by atoms with E-state index in [4.69, 9.17) is 5.73 Å². The fourth-order valence-electron chi connectivity index (χ4n) is 1.23. The molecule has 0 aliphatic carbocycles. The van der Waals surface area contributed by atoms with E-state index in [1.54, 1.807) is 7.05 Å². The summed E-state index contributed by atoms with van der Waals surface area (Å²) >= 11 is 0. The second kappa shape index (κ2) is 5.14. The first-order valence-electron chi connectivity index (χ1n) is 4.66. The van der Waals surface area contributed by atoms with Crippen molar-refractivity contribution in [2.24, 2.45) is 5.73 Å². The topological polar surface area (TPSA) is 63.4 Å². The minimum atomic E-state index is -0.501. The SMILES string of the molecule is CN(CC(N)=O)C(=O)Cc1ccccc1. The number of carbonyl (C=O) groups is 2. The molecule has 1 rings (SSSR count). The van der Waals surface area contributed by atoms with Crippen molar-refractivity contribution in [2.45, 2.75) is 6.42 Å². The molecule has 0 aromatic heterocycles. The van der Waals surface area contributed by atoms with Crippen LogP contribution in [-0.4, -0.2) is 30.3 Å². The highest BCUT2D eigenvalue weighted by atomic mass is 16.2. The third-order valence-corrected chi connectivity index (χ3v) is 2.02. The van der Waals surface area contributed by atoms with E-state index in [1.807, 2.05) is 30.3 Å². The highest BCUT2D eigenvalue weighted by Crippen LogP contribution is 2.01. The van der Waals surface area contributed by atoms with Crippen molar-refractivity contribution >= 4 is 11.8 Å². The van der Waals surface area contributed by atoms with Crippen molar-refractivity contribution in [1.82, 2.24) is 4.90 Å². The van der Waals surface area contributed by atoms with Gasteiger partial charge in [0.1, 0.15) is 0 Å². The van der Waals surface area contributed by atoms with Crippen LogP contribution in [0.5, 0.6) is 0 Å². The predicted molar refractivity (Wildman–Crippen MR) is 57.0 cm³/mol. The van der Waals surface area contributed by atoms with Gasteiger partial charge in [0.25, 0.3) is 0 Å². The first kappa shape index (κ1) is 11.2. The number of amides is 2. The van der Waals surface area contributed by atoms with Gasteiger partial charge in [-0.3, -0.25) is 9.59 Å². The highest BCUT2D eigenvalue weighted by Gasteiger charge is 2.10. The molecule has 1 aromatic carbocycles. The van der Waals surface area contributed by atoms with Gasteiger partial charge in [0, 0.05) is 7.05 Å². The Kier molecular flexibility index (Phi) is 3.85. The van der Waals surface area contributed by atoms with Crippen LogP contribution < -0.4 is 5.73 Å². The Morgan fingerprint density at radius 1 is 1.27 bits per heavy atom. The van der Waals surface area contributed by atoms with E-state index in [1.165, 1.54) is 4.90 Å². The number of rotatable bonds is 4. The van der Waals surface area contributed by atoms with Gasteiger partial charge in [-0.25, -0.2) is 0 Å². The summed E-state index contributed by atoms with van der Waals surface area (Å²) in [4.78, 5) is 23.5. The van der Waals surface area contributed by atoms with Crippen LogP contribution in [0.25, 0.3) is 0 Å². The van der Waals surface area contributed by atoms with Crippen molar-refractivity contribution < 1.29 is 9.59 Å². The van der Waals surface area contributed by atoms with Gasteiger partial charge >= 0.3 is 0 Å². The minimum Gasteiger partial charge on any atom is -0.368 e. The van der Waals surface area contributed by atoms with Crippen molar-refractivity contribution in [3.05, 3.63) is 35.9 Å². The number of benzene rings is 1. The first-order chi connectivity index (χ1) is 7.09. The zero-order chi connectivity index (χ0) is 11.3. The van der Waals surface area contributed by atoms with Crippen LogP contribution in [0.1, 0.15) is 5.56 Å². The van der Waals surface area contributed by atoms with E-state index in [9.17, 15) is 9.59 Å². The molecule has 0 saturated carbocycles. The molecular weight excluding hydrogens is 192 g/mol. The van der Waals surface area contributed by atoms with Gasteiger partial charge in [-0.15, -0.1) is 0 Å². The van der Waals surface area contributed by atoms with Crippen molar-refractivity contribution in [3.8, 4) is 0 Å². The molecule has 0 bridgehead atoms. The van der Waals surface area contributed by atoms with Crippen LogP contribution in [0.4, 0.5) is 0 Å². The van der Waals surface area contributed by atoms with Crippen LogP contribution in [-0.2, 0) is 16.0 Å². The molecule has 4 nitrogen and oxygen atoms in total. The van der Waals surface area contributed by atoms with Crippen LogP contribution in [0.3, 0.4) is 0 Å². The van der Waals surface area contributed by atoms with Gasteiger partial charge in [0.2, 0.25) is 11.8 Å². The Morgan fingerprint density at radius 2 is 1.87 bits per heavy atom. The molecule has 2 N–H and O–H groups in total. The van der Waals surface area contributed by atoms with Crippen LogP contribution in [0, 0.1) is 0 Å². The predicted octanol–water partition coefficient (Wildman–Crippen LogP) is 0.173. The van der Waals surface area contributed by atoms with E-state index in [-0.39, 0.29) is 12.5 Å². The Morgan fingerprint density at radius 3 is 2.40 bits per heavy atom. The Balaban J connectivity index is 2.52. The molecule has 80 valence electrons. The summed E-state index contributed by atoms with van der Waals surface area (Å²) in [5.41, 5.74) is 5.92. The molecule has 15 heavy (non-hydrogen) atoms. The summed E-state index contributed by atoms with van der Waals surface area (Å²) in [5.74, 6) is -0.612. The number of hydrogen-bond donors (Lipinski definition) is 1. The molecule has 0 saturated heterocycles. The van der Waals surface area contributed by atoms with E-state index >= 15 is 0 Å². The summed E-state index contributed by atoms with van der Waals surface area (Å²) in [6.07, 6.45) is 0.296. The van der Waals surface area contributed by atoms with Crippen LogP contribution >= 0.6 is 0 Å². The van der Waals surface area contributed by atoms with E-state index in [2.05, 4.69) is 0 Å². The molecular formula is C11H14N2O2. The summed E-state index contributed by atoms with van der Waals surface area (Å²) in [6, 6.07) is 9.38. The van der Waals surface area contributed by atoms with Gasteiger partial charge in [-0.1, -0.05) is 30.3 Å². The maximum absolute atomic E-state index is 11.6. The molecule has 0 radical (unpaired) electrons. The molecule has 0 heterocycles. The summed E-state index contributed by atoms with van der Waals surface area (Å²) < 4.78 is 0. The van der Waals surface area contributed by atoms with Crippen LogP contribution in [0.2, 0.25) is 0 Å². The lowest BCUT2D eigenvalue weighted by Crippen LogP contribution is -2.36. The number of primary amides is 1. The number of nitrogens with two attached hydrogens (primary N) is 1. The van der Waals surface area contributed by atoms with Crippen molar-refractivity contribution in [1.29, 1.82) is 0 Å². The van der Waals surface area contributed by atoms with Gasteiger partial charge in [0.15, 0.2) is 0 Å². The van der Waals surface area contributed by atoms with E-state index in [0.717, 1.165) is 5.56 Å².